The van der Waals surface area contributed by atoms with E-state index in [0.717, 1.165) is 19.2 Å². The van der Waals surface area contributed by atoms with Crippen LogP contribution in [0.25, 0.3) is 0 Å². The normalized spacial score (nSPS) is 20.6. The van der Waals surface area contributed by atoms with Crippen molar-refractivity contribution in [3.05, 3.63) is 78.2 Å². The Kier molecular flexibility index (Phi) is 7.31. The average Bonchev–Trinajstić information content (AvgIpc) is 2.81. The van der Waals surface area contributed by atoms with Gasteiger partial charge in [0.05, 0.1) is 10.7 Å². The summed E-state index contributed by atoms with van der Waals surface area (Å²) in [7, 11) is 1.61. The van der Waals surface area contributed by atoms with Crippen molar-refractivity contribution in [2.45, 2.75) is 65.9 Å². The molecule has 2 aromatic rings. The zero-order valence-electron chi connectivity index (χ0n) is 22.4. The number of carbonyl (C=O) groups excluding carboxylic acids is 2. The maximum Gasteiger partial charge on any atom is 0.174 e. The van der Waals surface area contributed by atoms with Crippen molar-refractivity contribution in [1.82, 2.24) is 0 Å². The van der Waals surface area contributed by atoms with Gasteiger partial charge in [0.2, 0.25) is 0 Å². The van der Waals surface area contributed by atoms with Crippen molar-refractivity contribution in [3.63, 3.8) is 0 Å². The van der Waals surface area contributed by atoms with E-state index in [-0.39, 0.29) is 22.4 Å². The van der Waals surface area contributed by atoms with Gasteiger partial charge in [-0.2, -0.15) is 0 Å². The molecule has 1 heterocycles. The predicted octanol–water partition coefficient (Wildman–Crippen LogP) is 8.04. The van der Waals surface area contributed by atoms with E-state index in [4.69, 9.17) is 14.2 Å². The van der Waals surface area contributed by atoms with Crippen LogP contribution >= 0.6 is 38.5 Å². The Bertz CT molecular complexity index is 1330. The number of benzene rings is 2. The Morgan fingerprint density at radius 2 is 1.47 bits per heavy atom. The summed E-state index contributed by atoms with van der Waals surface area (Å²) < 4.78 is 20.3. The van der Waals surface area contributed by atoms with E-state index in [0.29, 0.717) is 66.5 Å². The third-order valence-electron chi connectivity index (χ3n) is 7.46. The molecule has 0 bridgehead atoms. The maximum atomic E-state index is 13.6. The van der Waals surface area contributed by atoms with Gasteiger partial charge in [-0.3, -0.25) is 9.59 Å². The van der Waals surface area contributed by atoms with Gasteiger partial charge in [0.1, 0.15) is 18.1 Å². The van der Waals surface area contributed by atoms with E-state index < -0.39 is 5.92 Å². The lowest BCUT2D eigenvalue weighted by atomic mass is 9.65. The average molecular weight is 691 g/mol. The summed E-state index contributed by atoms with van der Waals surface area (Å²) in [4.78, 5) is 27.2. The van der Waals surface area contributed by atoms with Crippen molar-refractivity contribution in [3.8, 4) is 11.5 Å². The Hall–Kier alpha value is -2.13. The minimum Gasteiger partial charge on any atom is -0.493 e. The molecule has 2 aliphatic carbocycles. The highest BCUT2D eigenvalue weighted by molar-refractivity contribution is 14.1. The lowest BCUT2D eigenvalue weighted by Gasteiger charge is -2.42. The lowest BCUT2D eigenvalue weighted by molar-refractivity contribution is -0.120. The van der Waals surface area contributed by atoms with Gasteiger partial charge in [0.15, 0.2) is 23.1 Å². The van der Waals surface area contributed by atoms with Gasteiger partial charge in [-0.05, 0) is 68.8 Å². The van der Waals surface area contributed by atoms with Crippen LogP contribution in [0.1, 0.15) is 70.4 Å². The largest absolute Gasteiger partial charge is 0.493 e. The molecule has 0 atom stereocenters. The molecule has 38 heavy (non-hydrogen) atoms. The molecule has 0 aromatic heterocycles. The zero-order chi connectivity index (χ0) is 27.4. The van der Waals surface area contributed by atoms with Crippen molar-refractivity contribution in [1.29, 1.82) is 0 Å². The number of allylic oxidation sites excluding steroid dienone is 4. The standard InChI is InChI=1S/C31H32BrIO5/c1-30(2)12-21(34)27-24(14-30)38-25-15-31(3,4)13-22(35)28(25)26(27)18-10-20(33)29(23(11-18)36-5)37-16-17-6-8-19(32)9-7-17/h6-11,26H,12-16H2,1-5H3. The highest BCUT2D eigenvalue weighted by atomic mass is 127. The summed E-state index contributed by atoms with van der Waals surface area (Å²) in [5, 5.41) is 0. The zero-order valence-corrected chi connectivity index (χ0v) is 26.1. The minimum atomic E-state index is -0.469. The second kappa shape index (κ2) is 10.1. The van der Waals surface area contributed by atoms with Crippen LogP contribution in [0.5, 0.6) is 11.5 Å². The monoisotopic (exact) mass is 690 g/mol. The number of methoxy groups -OCH3 is 1. The number of rotatable bonds is 5. The lowest BCUT2D eigenvalue weighted by Crippen LogP contribution is -2.37. The summed E-state index contributed by atoms with van der Waals surface area (Å²) in [5.41, 5.74) is 2.75. The molecule has 0 spiro atoms. The van der Waals surface area contributed by atoms with E-state index in [1.165, 1.54) is 0 Å². The van der Waals surface area contributed by atoms with Gasteiger partial charge in [0.25, 0.3) is 0 Å². The van der Waals surface area contributed by atoms with E-state index in [1.807, 2.05) is 36.4 Å². The molecule has 2 aromatic carbocycles. The molecule has 3 aliphatic rings. The Morgan fingerprint density at radius 1 is 0.921 bits per heavy atom. The first-order valence-corrected chi connectivity index (χ1v) is 14.7. The number of Topliss-reactive ketones (excluding diaryl/α,β-unsaturated/α-hetero) is 2. The fourth-order valence-electron chi connectivity index (χ4n) is 5.79. The second-order valence-corrected chi connectivity index (χ2v) is 14.1. The van der Waals surface area contributed by atoms with E-state index >= 15 is 0 Å². The summed E-state index contributed by atoms with van der Waals surface area (Å²) in [6, 6.07) is 11.9. The number of hydrogen-bond donors (Lipinski definition) is 0. The van der Waals surface area contributed by atoms with Gasteiger partial charge in [-0.1, -0.05) is 55.8 Å². The molecular weight excluding hydrogens is 659 g/mol. The van der Waals surface area contributed by atoms with Crippen molar-refractivity contribution >= 4 is 50.1 Å². The molecular formula is C31H32BrIO5. The molecule has 0 saturated heterocycles. The topological polar surface area (TPSA) is 61.8 Å². The van der Waals surface area contributed by atoms with Gasteiger partial charge in [-0.25, -0.2) is 0 Å². The molecule has 5 nitrogen and oxygen atoms in total. The number of ketones is 2. The van der Waals surface area contributed by atoms with Crippen LogP contribution in [-0.2, 0) is 20.9 Å². The van der Waals surface area contributed by atoms with Crippen LogP contribution in [0, 0.1) is 14.4 Å². The molecule has 1 aliphatic heterocycles. The first kappa shape index (κ1) is 27.4. The molecule has 0 amide bonds. The first-order chi connectivity index (χ1) is 17.9. The smallest absolute Gasteiger partial charge is 0.174 e. The van der Waals surface area contributed by atoms with E-state index in [9.17, 15) is 9.59 Å². The number of hydrogen-bond acceptors (Lipinski definition) is 5. The van der Waals surface area contributed by atoms with Gasteiger partial charge >= 0.3 is 0 Å². The van der Waals surface area contributed by atoms with Crippen LogP contribution in [0.2, 0.25) is 0 Å². The summed E-state index contributed by atoms with van der Waals surface area (Å²) >= 11 is 5.71. The number of ether oxygens (including phenoxy) is 3. The SMILES string of the molecule is COc1cc(C2C3=C(CC(C)(C)CC3=O)OC3=C2C(=O)CC(C)(C)C3)cc(I)c1OCc1ccc(Br)cc1. The first-order valence-electron chi connectivity index (χ1n) is 12.8. The predicted molar refractivity (Wildman–Crippen MR) is 158 cm³/mol. The van der Waals surface area contributed by atoms with Gasteiger partial charge in [-0.15, -0.1) is 0 Å². The van der Waals surface area contributed by atoms with Crippen LogP contribution in [0.3, 0.4) is 0 Å². The summed E-state index contributed by atoms with van der Waals surface area (Å²) in [6.45, 7) is 8.77. The Balaban J connectivity index is 1.59. The molecule has 7 heteroatoms. The Labute approximate surface area is 246 Å². The maximum absolute atomic E-state index is 13.6. The number of halogens is 2. The number of carbonyl (C=O) groups is 2. The van der Waals surface area contributed by atoms with Crippen LogP contribution in [0.15, 0.2) is 63.5 Å². The highest BCUT2D eigenvalue weighted by Crippen LogP contribution is 2.54. The molecule has 0 fully saturated rings. The quantitative estimate of drug-likeness (QED) is 0.297. The van der Waals surface area contributed by atoms with Crippen molar-refractivity contribution in [2.75, 3.05) is 7.11 Å². The van der Waals surface area contributed by atoms with Crippen LogP contribution < -0.4 is 9.47 Å². The summed E-state index contributed by atoms with van der Waals surface area (Å²) in [5.74, 6) is 2.28. The van der Waals surface area contributed by atoms with Crippen LogP contribution in [0.4, 0.5) is 0 Å². The molecule has 0 radical (unpaired) electrons. The van der Waals surface area contributed by atoms with Gasteiger partial charge in [0, 0.05) is 47.2 Å². The molecule has 0 unspecified atom stereocenters. The fraction of sp³-hybridized carbons (Fsp3) is 0.419. The third-order valence-corrected chi connectivity index (χ3v) is 8.79. The molecule has 200 valence electrons. The van der Waals surface area contributed by atoms with Crippen molar-refractivity contribution < 1.29 is 23.8 Å². The molecule has 5 rings (SSSR count). The van der Waals surface area contributed by atoms with E-state index in [2.05, 4.69) is 66.2 Å². The second-order valence-electron chi connectivity index (χ2n) is 12.0. The van der Waals surface area contributed by atoms with Crippen LogP contribution in [-0.4, -0.2) is 18.7 Å². The highest BCUT2D eigenvalue weighted by Gasteiger charge is 2.48. The fourth-order valence-corrected chi connectivity index (χ4v) is 6.84. The molecule has 0 N–H and O–H groups in total. The third kappa shape index (κ3) is 5.33. The minimum absolute atomic E-state index is 0.0509. The molecule has 0 saturated carbocycles. The van der Waals surface area contributed by atoms with Crippen molar-refractivity contribution in [2.24, 2.45) is 10.8 Å². The van der Waals surface area contributed by atoms with Gasteiger partial charge < -0.3 is 14.2 Å². The Morgan fingerprint density at radius 3 is 2.00 bits per heavy atom. The van der Waals surface area contributed by atoms with E-state index in [1.54, 1.807) is 7.11 Å². The summed E-state index contributed by atoms with van der Waals surface area (Å²) in [6.07, 6.45) is 2.18.